The normalized spacial score (nSPS) is 11.4. The molecule has 0 unspecified atom stereocenters. The first-order valence-corrected chi connectivity index (χ1v) is 5.46. The number of halogens is 3. The second-order valence-corrected chi connectivity index (χ2v) is 3.92. The number of carbonyl (C=O) groups excluding carboxylic acids is 1. The van der Waals surface area contributed by atoms with E-state index in [1.165, 1.54) is 24.0 Å². The van der Waals surface area contributed by atoms with E-state index in [4.69, 9.17) is 5.73 Å². The van der Waals surface area contributed by atoms with Gasteiger partial charge in [-0.3, -0.25) is 4.79 Å². The molecular formula is C12H15F3N2O. The lowest BCUT2D eigenvalue weighted by Gasteiger charge is -2.20. The van der Waals surface area contributed by atoms with Gasteiger partial charge in [0, 0.05) is 26.6 Å². The molecule has 0 radical (unpaired) electrons. The summed E-state index contributed by atoms with van der Waals surface area (Å²) in [5.74, 6) is -0.152. The van der Waals surface area contributed by atoms with Crippen LogP contribution in [0.5, 0.6) is 0 Å². The van der Waals surface area contributed by atoms with E-state index in [0.29, 0.717) is 18.7 Å². The number of alkyl halides is 3. The van der Waals surface area contributed by atoms with Crippen LogP contribution in [0.3, 0.4) is 0 Å². The van der Waals surface area contributed by atoms with E-state index in [1.54, 1.807) is 0 Å². The molecule has 1 amide bonds. The third kappa shape index (κ3) is 4.03. The molecule has 0 aliphatic heterocycles. The lowest BCUT2D eigenvalue weighted by molar-refractivity contribution is -0.137. The van der Waals surface area contributed by atoms with E-state index in [2.05, 4.69) is 0 Å². The average Bonchev–Trinajstić information content (AvgIpc) is 2.28. The van der Waals surface area contributed by atoms with Gasteiger partial charge in [-0.2, -0.15) is 13.2 Å². The smallest absolute Gasteiger partial charge is 0.337 e. The summed E-state index contributed by atoms with van der Waals surface area (Å²) >= 11 is 0. The van der Waals surface area contributed by atoms with Gasteiger partial charge in [0.1, 0.15) is 0 Å². The number of hydrogen-bond acceptors (Lipinski definition) is 2. The Balaban J connectivity index is 2.76. The molecule has 1 aromatic rings. The monoisotopic (exact) mass is 260 g/mol. The van der Waals surface area contributed by atoms with Crippen molar-refractivity contribution in [1.82, 2.24) is 4.90 Å². The first-order valence-electron chi connectivity index (χ1n) is 5.46. The molecule has 0 aliphatic rings. The van der Waals surface area contributed by atoms with Gasteiger partial charge in [-0.05, 0) is 17.7 Å². The molecule has 100 valence electrons. The molecule has 0 bridgehead atoms. The van der Waals surface area contributed by atoms with E-state index in [9.17, 15) is 18.0 Å². The zero-order valence-corrected chi connectivity index (χ0v) is 10.00. The predicted molar refractivity (Wildman–Crippen MR) is 61.6 cm³/mol. The Labute approximate surface area is 103 Å². The van der Waals surface area contributed by atoms with E-state index in [0.717, 1.165) is 12.1 Å². The zero-order valence-electron chi connectivity index (χ0n) is 10.00. The van der Waals surface area contributed by atoms with E-state index >= 15 is 0 Å². The Bertz CT molecular complexity index is 401. The second kappa shape index (κ2) is 5.86. The van der Waals surface area contributed by atoms with Crippen LogP contribution in [0.2, 0.25) is 0 Å². The Morgan fingerprint density at radius 2 is 1.83 bits per heavy atom. The number of rotatable bonds is 4. The summed E-state index contributed by atoms with van der Waals surface area (Å²) in [6, 6.07) is 4.76. The predicted octanol–water partition coefficient (Wildman–Crippen LogP) is 2.01. The molecule has 1 rings (SSSR count). The number of hydrogen-bond donors (Lipinski definition) is 1. The summed E-state index contributed by atoms with van der Waals surface area (Å²) in [7, 11) is 0. The van der Waals surface area contributed by atoms with Gasteiger partial charge in [0.15, 0.2) is 0 Å². The van der Waals surface area contributed by atoms with Crippen molar-refractivity contribution in [2.24, 2.45) is 5.73 Å². The molecule has 0 saturated carbocycles. The maximum atomic E-state index is 12.4. The van der Waals surface area contributed by atoms with Crippen LogP contribution in [-0.4, -0.2) is 23.9 Å². The topological polar surface area (TPSA) is 46.3 Å². The first kappa shape index (κ1) is 14.5. The molecule has 2 N–H and O–H groups in total. The molecular weight excluding hydrogens is 245 g/mol. The van der Waals surface area contributed by atoms with Gasteiger partial charge in [0.25, 0.3) is 0 Å². The fourth-order valence-corrected chi connectivity index (χ4v) is 1.52. The molecule has 0 saturated heterocycles. The number of amides is 1. The highest BCUT2D eigenvalue weighted by Crippen LogP contribution is 2.29. The molecule has 0 spiro atoms. The van der Waals surface area contributed by atoms with Crippen molar-refractivity contribution in [3.8, 4) is 0 Å². The van der Waals surface area contributed by atoms with Crippen molar-refractivity contribution in [2.45, 2.75) is 19.6 Å². The largest absolute Gasteiger partial charge is 0.416 e. The molecule has 3 nitrogen and oxygen atoms in total. The highest BCUT2D eigenvalue weighted by atomic mass is 19.4. The summed E-state index contributed by atoms with van der Waals surface area (Å²) in [6.45, 7) is 2.38. The molecule has 6 heteroatoms. The van der Waals surface area contributed by atoms with Crippen LogP contribution >= 0.6 is 0 Å². The molecule has 0 atom stereocenters. The van der Waals surface area contributed by atoms with Gasteiger partial charge in [-0.1, -0.05) is 12.1 Å². The van der Waals surface area contributed by atoms with Crippen LogP contribution in [0.25, 0.3) is 0 Å². The van der Waals surface area contributed by atoms with Gasteiger partial charge in [0.2, 0.25) is 5.91 Å². The molecule has 0 aliphatic carbocycles. The Hall–Kier alpha value is -1.56. The highest BCUT2D eigenvalue weighted by molar-refractivity contribution is 5.73. The van der Waals surface area contributed by atoms with E-state index < -0.39 is 11.7 Å². The summed E-state index contributed by atoms with van der Waals surface area (Å²) < 4.78 is 37.1. The van der Waals surface area contributed by atoms with Crippen molar-refractivity contribution in [1.29, 1.82) is 0 Å². The second-order valence-electron chi connectivity index (χ2n) is 3.92. The van der Waals surface area contributed by atoms with Gasteiger partial charge < -0.3 is 10.6 Å². The molecule has 18 heavy (non-hydrogen) atoms. The fourth-order valence-electron chi connectivity index (χ4n) is 1.52. The minimum absolute atomic E-state index is 0.152. The Kier molecular flexibility index (Phi) is 4.72. The lowest BCUT2D eigenvalue weighted by atomic mass is 10.1. The van der Waals surface area contributed by atoms with Gasteiger partial charge in [0.05, 0.1) is 5.56 Å². The summed E-state index contributed by atoms with van der Waals surface area (Å²) in [6.07, 6.45) is -4.34. The number of nitrogens with two attached hydrogens (primary N) is 1. The van der Waals surface area contributed by atoms with Crippen LogP contribution in [0.15, 0.2) is 24.3 Å². The fraction of sp³-hybridized carbons (Fsp3) is 0.417. The SMILES string of the molecule is CC(=O)N(CCN)Cc1ccc(C(F)(F)F)cc1. The third-order valence-electron chi connectivity index (χ3n) is 2.50. The Morgan fingerprint density at radius 1 is 1.28 bits per heavy atom. The van der Waals surface area contributed by atoms with E-state index in [-0.39, 0.29) is 12.5 Å². The number of benzene rings is 1. The molecule has 0 aromatic heterocycles. The maximum absolute atomic E-state index is 12.4. The van der Waals surface area contributed by atoms with Crippen LogP contribution < -0.4 is 5.73 Å². The average molecular weight is 260 g/mol. The first-order chi connectivity index (χ1) is 8.34. The van der Waals surface area contributed by atoms with E-state index in [1.807, 2.05) is 0 Å². The molecule has 1 aromatic carbocycles. The zero-order chi connectivity index (χ0) is 13.8. The van der Waals surface area contributed by atoms with Crippen LogP contribution in [0.4, 0.5) is 13.2 Å². The number of carbonyl (C=O) groups is 1. The van der Waals surface area contributed by atoms with Crippen LogP contribution in [0.1, 0.15) is 18.1 Å². The van der Waals surface area contributed by atoms with Crippen LogP contribution in [0, 0.1) is 0 Å². The highest BCUT2D eigenvalue weighted by Gasteiger charge is 2.29. The molecule has 0 heterocycles. The van der Waals surface area contributed by atoms with Crippen molar-refractivity contribution in [2.75, 3.05) is 13.1 Å². The van der Waals surface area contributed by atoms with Crippen molar-refractivity contribution >= 4 is 5.91 Å². The summed E-state index contributed by atoms with van der Waals surface area (Å²) in [5.41, 5.74) is 5.31. The summed E-state index contributed by atoms with van der Waals surface area (Å²) in [5, 5.41) is 0. The van der Waals surface area contributed by atoms with Crippen molar-refractivity contribution in [3.63, 3.8) is 0 Å². The third-order valence-corrected chi connectivity index (χ3v) is 2.50. The van der Waals surface area contributed by atoms with Crippen molar-refractivity contribution in [3.05, 3.63) is 35.4 Å². The number of nitrogens with zero attached hydrogens (tertiary/aromatic N) is 1. The van der Waals surface area contributed by atoms with Crippen molar-refractivity contribution < 1.29 is 18.0 Å². The van der Waals surface area contributed by atoms with Crippen LogP contribution in [-0.2, 0) is 17.5 Å². The standard InChI is InChI=1S/C12H15F3N2O/c1-9(18)17(7-6-16)8-10-2-4-11(5-3-10)12(13,14)15/h2-5H,6-8,16H2,1H3. The van der Waals surface area contributed by atoms with Gasteiger partial charge >= 0.3 is 6.18 Å². The Morgan fingerprint density at radius 3 is 2.22 bits per heavy atom. The summed E-state index contributed by atoms with van der Waals surface area (Å²) in [4.78, 5) is 12.7. The maximum Gasteiger partial charge on any atom is 0.416 e. The minimum Gasteiger partial charge on any atom is -0.337 e. The van der Waals surface area contributed by atoms with Gasteiger partial charge in [-0.25, -0.2) is 0 Å². The quantitative estimate of drug-likeness (QED) is 0.900. The minimum atomic E-state index is -4.34. The lowest BCUT2D eigenvalue weighted by Crippen LogP contribution is -2.33. The van der Waals surface area contributed by atoms with Gasteiger partial charge in [-0.15, -0.1) is 0 Å². The molecule has 0 fully saturated rings.